The highest BCUT2D eigenvalue weighted by Gasteiger charge is 2.22. The van der Waals surface area contributed by atoms with Gasteiger partial charge in [0.1, 0.15) is 23.9 Å². The van der Waals surface area contributed by atoms with Gasteiger partial charge in [-0.2, -0.15) is 0 Å². The Morgan fingerprint density at radius 2 is 1.64 bits per heavy atom. The molecule has 1 atom stereocenters. The summed E-state index contributed by atoms with van der Waals surface area (Å²) in [5, 5.41) is 0. The summed E-state index contributed by atoms with van der Waals surface area (Å²) in [5.41, 5.74) is 2.19. The summed E-state index contributed by atoms with van der Waals surface area (Å²) in [6, 6.07) is 18.8. The molecule has 3 aromatic rings. The number of nitrogens with zero attached hydrogens (tertiary/aromatic N) is 1. The Bertz CT molecular complexity index is 913. The lowest BCUT2D eigenvalue weighted by Gasteiger charge is -2.24. The van der Waals surface area contributed by atoms with Crippen molar-refractivity contribution in [2.75, 3.05) is 14.2 Å². The van der Waals surface area contributed by atoms with Gasteiger partial charge in [-0.15, -0.1) is 0 Å². The first-order valence-corrected chi connectivity index (χ1v) is 9.17. The molecule has 3 rings (SSSR count). The van der Waals surface area contributed by atoms with Crippen LogP contribution in [0.3, 0.4) is 0 Å². The fourth-order valence-electron chi connectivity index (χ4n) is 2.82. The summed E-state index contributed by atoms with van der Waals surface area (Å²) in [7, 11) is 3.40. The first-order chi connectivity index (χ1) is 13.5. The van der Waals surface area contributed by atoms with E-state index < -0.39 is 0 Å². The van der Waals surface area contributed by atoms with Gasteiger partial charge in [-0.25, -0.2) is 0 Å². The fourth-order valence-corrected chi connectivity index (χ4v) is 2.82. The number of benzene rings is 2. The van der Waals surface area contributed by atoms with Gasteiger partial charge in [-0.05, 0) is 55.8 Å². The van der Waals surface area contributed by atoms with Crippen LogP contribution in [0.2, 0.25) is 0 Å². The van der Waals surface area contributed by atoms with Crippen LogP contribution in [-0.4, -0.2) is 25.0 Å². The Hall–Kier alpha value is -3.21. The third-order valence-electron chi connectivity index (χ3n) is 4.77. The van der Waals surface area contributed by atoms with Crippen LogP contribution in [0.1, 0.15) is 40.4 Å². The van der Waals surface area contributed by atoms with Gasteiger partial charge in [0.15, 0.2) is 5.76 Å². The van der Waals surface area contributed by atoms with Crippen LogP contribution in [0.15, 0.2) is 65.1 Å². The first-order valence-electron chi connectivity index (χ1n) is 9.17. The molecule has 2 aromatic carbocycles. The molecular formula is C23H25NO4. The second kappa shape index (κ2) is 8.65. The van der Waals surface area contributed by atoms with E-state index in [4.69, 9.17) is 13.9 Å². The topological polar surface area (TPSA) is 51.9 Å². The quantitative estimate of drug-likeness (QED) is 0.579. The van der Waals surface area contributed by atoms with Crippen molar-refractivity contribution < 1.29 is 18.7 Å². The summed E-state index contributed by atoms with van der Waals surface area (Å²) in [6.07, 6.45) is 0. The Morgan fingerprint density at radius 1 is 1.00 bits per heavy atom. The average molecular weight is 379 g/mol. The lowest BCUT2D eigenvalue weighted by molar-refractivity contribution is 0.0706. The number of ether oxygens (including phenoxy) is 2. The van der Waals surface area contributed by atoms with Crippen molar-refractivity contribution in [1.82, 2.24) is 4.90 Å². The molecule has 146 valence electrons. The second-order valence-corrected chi connectivity index (χ2v) is 6.73. The van der Waals surface area contributed by atoms with Crippen molar-refractivity contribution in [2.45, 2.75) is 26.5 Å². The van der Waals surface area contributed by atoms with E-state index in [1.807, 2.05) is 62.4 Å². The van der Waals surface area contributed by atoms with E-state index >= 15 is 0 Å². The number of hydrogen-bond donors (Lipinski definition) is 0. The molecule has 0 spiro atoms. The molecule has 0 unspecified atom stereocenters. The largest absolute Gasteiger partial charge is 0.497 e. The molecule has 1 amide bonds. The SMILES string of the molecule is COc1ccc([C@H](C)N(C)C(=O)c2ccc(COc3ccc(C)cc3)o2)cc1. The molecule has 5 nitrogen and oxygen atoms in total. The molecule has 5 heteroatoms. The highest BCUT2D eigenvalue weighted by atomic mass is 16.5. The molecule has 0 fully saturated rings. The zero-order valence-electron chi connectivity index (χ0n) is 16.6. The van der Waals surface area contributed by atoms with Gasteiger partial charge in [-0.1, -0.05) is 29.8 Å². The van der Waals surface area contributed by atoms with Crippen LogP contribution in [0.5, 0.6) is 11.5 Å². The Morgan fingerprint density at radius 3 is 2.29 bits per heavy atom. The van der Waals surface area contributed by atoms with E-state index in [9.17, 15) is 4.79 Å². The van der Waals surface area contributed by atoms with Crippen molar-refractivity contribution in [3.05, 3.63) is 83.3 Å². The maximum atomic E-state index is 12.8. The molecule has 0 N–H and O–H groups in total. The summed E-state index contributed by atoms with van der Waals surface area (Å²) < 4.78 is 16.6. The molecule has 0 saturated carbocycles. The monoisotopic (exact) mass is 379 g/mol. The lowest BCUT2D eigenvalue weighted by Crippen LogP contribution is -2.29. The molecule has 1 aromatic heterocycles. The highest BCUT2D eigenvalue weighted by Crippen LogP contribution is 2.24. The molecule has 0 aliphatic rings. The van der Waals surface area contributed by atoms with E-state index in [2.05, 4.69) is 0 Å². The number of aryl methyl sites for hydroxylation is 1. The van der Waals surface area contributed by atoms with Crippen molar-refractivity contribution in [3.63, 3.8) is 0 Å². The van der Waals surface area contributed by atoms with Gasteiger partial charge in [0.05, 0.1) is 13.2 Å². The first kappa shape index (κ1) is 19.5. The fraction of sp³-hybridized carbons (Fsp3) is 0.261. The van der Waals surface area contributed by atoms with Crippen LogP contribution in [0, 0.1) is 6.92 Å². The van der Waals surface area contributed by atoms with Crippen LogP contribution in [0.25, 0.3) is 0 Å². The number of furan rings is 1. The molecular weight excluding hydrogens is 354 g/mol. The Labute approximate surface area is 165 Å². The average Bonchev–Trinajstić information content (AvgIpc) is 3.21. The maximum Gasteiger partial charge on any atom is 0.289 e. The molecule has 0 radical (unpaired) electrons. The number of amides is 1. The van der Waals surface area contributed by atoms with Gasteiger partial charge < -0.3 is 18.8 Å². The lowest BCUT2D eigenvalue weighted by atomic mass is 10.1. The third-order valence-corrected chi connectivity index (χ3v) is 4.77. The summed E-state index contributed by atoms with van der Waals surface area (Å²) >= 11 is 0. The van der Waals surface area contributed by atoms with Crippen molar-refractivity contribution in [1.29, 1.82) is 0 Å². The predicted molar refractivity (Wildman–Crippen MR) is 108 cm³/mol. The summed E-state index contributed by atoms with van der Waals surface area (Å²) in [6.45, 7) is 4.27. The Balaban J connectivity index is 1.62. The summed E-state index contributed by atoms with van der Waals surface area (Å²) in [5.74, 6) is 2.28. The van der Waals surface area contributed by atoms with Crippen LogP contribution in [0.4, 0.5) is 0 Å². The van der Waals surface area contributed by atoms with Gasteiger partial charge in [0.25, 0.3) is 5.91 Å². The standard InChI is InChI=1S/C23H25NO4/c1-16-5-9-20(10-6-16)27-15-21-13-14-22(28-21)23(25)24(3)17(2)18-7-11-19(26-4)12-8-18/h5-14,17H,15H2,1-4H3/t17-/m0/s1. The summed E-state index contributed by atoms with van der Waals surface area (Å²) in [4.78, 5) is 14.4. The molecule has 1 heterocycles. The van der Waals surface area contributed by atoms with Crippen LogP contribution < -0.4 is 9.47 Å². The van der Waals surface area contributed by atoms with Gasteiger partial charge in [-0.3, -0.25) is 4.79 Å². The Kier molecular flexibility index (Phi) is 6.04. The molecule has 0 saturated heterocycles. The van der Waals surface area contributed by atoms with Crippen molar-refractivity contribution in [3.8, 4) is 11.5 Å². The highest BCUT2D eigenvalue weighted by molar-refractivity contribution is 5.91. The van der Waals surface area contributed by atoms with Crippen LogP contribution in [-0.2, 0) is 6.61 Å². The number of hydrogen-bond acceptors (Lipinski definition) is 4. The van der Waals surface area contributed by atoms with E-state index in [1.54, 1.807) is 31.2 Å². The second-order valence-electron chi connectivity index (χ2n) is 6.73. The minimum absolute atomic E-state index is 0.101. The van der Waals surface area contributed by atoms with E-state index in [0.29, 0.717) is 11.5 Å². The number of carbonyl (C=O) groups excluding carboxylic acids is 1. The zero-order chi connectivity index (χ0) is 20.1. The smallest absolute Gasteiger partial charge is 0.289 e. The van der Waals surface area contributed by atoms with E-state index in [1.165, 1.54) is 5.56 Å². The zero-order valence-corrected chi connectivity index (χ0v) is 16.6. The molecule has 0 aliphatic carbocycles. The maximum absolute atomic E-state index is 12.8. The van der Waals surface area contributed by atoms with E-state index in [-0.39, 0.29) is 18.6 Å². The third kappa shape index (κ3) is 4.55. The van der Waals surface area contributed by atoms with Gasteiger partial charge >= 0.3 is 0 Å². The number of rotatable bonds is 7. The number of methoxy groups -OCH3 is 1. The minimum Gasteiger partial charge on any atom is -0.497 e. The van der Waals surface area contributed by atoms with Crippen molar-refractivity contribution >= 4 is 5.91 Å². The van der Waals surface area contributed by atoms with Gasteiger partial charge in [0.2, 0.25) is 0 Å². The van der Waals surface area contributed by atoms with Crippen LogP contribution >= 0.6 is 0 Å². The molecule has 0 aliphatic heterocycles. The minimum atomic E-state index is -0.176. The normalized spacial score (nSPS) is 11.7. The predicted octanol–water partition coefficient (Wildman–Crippen LogP) is 5.01. The number of carbonyl (C=O) groups is 1. The van der Waals surface area contributed by atoms with Gasteiger partial charge in [0, 0.05) is 7.05 Å². The molecule has 28 heavy (non-hydrogen) atoms. The molecule has 0 bridgehead atoms. The van der Waals surface area contributed by atoms with E-state index in [0.717, 1.165) is 17.1 Å². The van der Waals surface area contributed by atoms with Crippen molar-refractivity contribution in [2.24, 2.45) is 0 Å².